The summed E-state index contributed by atoms with van der Waals surface area (Å²) < 4.78 is 13.9. The summed E-state index contributed by atoms with van der Waals surface area (Å²) in [4.78, 5) is 11.9. The van der Waals surface area contributed by atoms with Crippen molar-refractivity contribution in [3.63, 3.8) is 0 Å². The number of hydrogen-bond acceptors (Lipinski definition) is 3. The molecule has 0 aliphatic heterocycles. The molecule has 1 unspecified atom stereocenters. The summed E-state index contributed by atoms with van der Waals surface area (Å²) >= 11 is 7.30. The molecule has 1 aromatic heterocycles. The van der Waals surface area contributed by atoms with Gasteiger partial charge < -0.3 is 10.4 Å². The molecule has 0 amide bonds. The molecule has 1 heterocycles. The summed E-state index contributed by atoms with van der Waals surface area (Å²) in [6.07, 6.45) is 0. The topological polar surface area (TPSA) is 49.3 Å². The molecule has 0 spiro atoms. The fourth-order valence-corrected chi connectivity index (χ4v) is 2.72. The zero-order valence-electron chi connectivity index (χ0n) is 9.98. The first-order chi connectivity index (χ1) is 8.97. The summed E-state index contributed by atoms with van der Waals surface area (Å²) in [5.74, 6) is -2.03. The summed E-state index contributed by atoms with van der Waals surface area (Å²) in [6, 6.07) is 7.58. The summed E-state index contributed by atoms with van der Waals surface area (Å²) in [5, 5.41) is 12.0. The van der Waals surface area contributed by atoms with Crippen LogP contribution in [-0.4, -0.2) is 11.1 Å². The molecule has 2 aromatic rings. The monoisotopic (exact) mass is 299 g/mol. The van der Waals surface area contributed by atoms with E-state index in [1.807, 2.05) is 13.0 Å². The van der Waals surface area contributed by atoms with E-state index in [-0.39, 0.29) is 11.6 Å². The van der Waals surface area contributed by atoms with Crippen LogP contribution in [0.1, 0.15) is 28.2 Å². The molecule has 1 aromatic carbocycles. The Morgan fingerprint density at radius 3 is 2.74 bits per heavy atom. The van der Waals surface area contributed by atoms with Gasteiger partial charge >= 0.3 is 5.97 Å². The van der Waals surface area contributed by atoms with Crippen molar-refractivity contribution in [3.05, 3.63) is 50.9 Å². The third-order valence-electron chi connectivity index (χ3n) is 2.60. The molecule has 19 heavy (non-hydrogen) atoms. The number of halogens is 2. The first-order valence-corrected chi connectivity index (χ1v) is 6.71. The number of carboxylic acids is 1. The zero-order valence-corrected chi connectivity index (χ0v) is 11.6. The van der Waals surface area contributed by atoms with Crippen molar-refractivity contribution < 1.29 is 14.3 Å². The van der Waals surface area contributed by atoms with E-state index in [1.54, 1.807) is 6.07 Å². The van der Waals surface area contributed by atoms with Gasteiger partial charge in [-0.2, -0.15) is 0 Å². The highest BCUT2D eigenvalue weighted by Crippen LogP contribution is 2.29. The largest absolute Gasteiger partial charge is 0.478 e. The number of aromatic carboxylic acids is 1. The van der Waals surface area contributed by atoms with E-state index in [4.69, 9.17) is 16.7 Å². The molecule has 0 radical (unpaired) electrons. The van der Waals surface area contributed by atoms with Crippen LogP contribution in [0.3, 0.4) is 0 Å². The van der Waals surface area contributed by atoms with Crippen molar-refractivity contribution in [3.8, 4) is 0 Å². The Morgan fingerprint density at radius 2 is 2.16 bits per heavy atom. The number of nitrogens with one attached hydrogen (secondary N) is 1. The van der Waals surface area contributed by atoms with Crippen molar-refractivity contribution in [1.29, 1.82) is 0 Å². The molecule has 6 heteroatoms. The molecule has 0 saturated carbocycles. The first kappa shape index (κ1) is 13.8. The number of rotatable bonds is 4. The maximum Gasteiger partial charge on any atom is 0.338 e. The fourth-order valence-electron chi connectivity index (χ4n) is 1.66. The average Bonchev–Trinajstić information content (AvgIpc) is 2.78. The number of carboxylic acid groups (broad SMARTS) is 1. The van der Waals surface area contributed by atoms with E-state index in [2.05, 4.69) is 5.32 Å². The van der Waals surface area contributed by atoms with E-state index in [1.165, 1.54) is 23.5 Å². The van der Waals surface area contributed by atoms with Gasteiger partial charge in [0.25, 0.3) is 0 Å². The van der Waals surface area contributed by atoms with Gasteiger partial charge in [0.1, 0.15) is 5.82 Å². The predicted octanol–water partition coefficient (Wildman–Crippen LogP) is 4.41. The molecule has 0 saturated heterocycles. The number of hydrogen-bond donors (Lipinski definition) is 2. The second kappa shape index (κ2) is 5.59. The second-order valence-corrected chi connectivity index (χ2v) is 5.75. The van der Waals surface area contributed by atoms with Crippen LogP contribution in [0.25, 0.3) is 0 Å². The number of anilines is 1. The molecule has 100 valence electrons. The Bertz CT molecular complexity index is 614. The van der Waals surface area contributed by atoms with E-state index in [0.717, 1.165) is 10.9 Å². The van der Waals surface area contributed by atoms with Crippen LogP contribution in [-0.2, 0) is 0 Å². The van der Waals surface area contributed by atoms with Crippen LogP contribution in [0, 0.1) is 5.82 Å². The lowest BCUT2D eigenvalue weighted by Gasteiger charge is -2.14. The Morgan fingerprint density at radius 1 is 1.42 bits per heavy atom. The predicted molar refractivity (Wildman–Crippen MR) is 74.7 cm³/mol. The highest BCUT2D eigenvalue weighted by atomic mass is 35.5. The summed E-state index contributed by atoms with van der Waals surface area (Å²) in [5.41, 5.74) is 0.206. The van der Waals surface area contributed by atoms with Crippen molar-refractivity contribution in [2.24, 2.45) is 0 Å². The number of thiophene rings is 1. The highest BCUT2D eigenvalue weighted by molar-refractivity contribution is 7.16. The van der Waals surface area contributed by atoms with Crippen molar-refractivity contribution in [2.45, 2.75) is 13.0 Å². The van der Waals surface area contributed by atoms with E-state index in [0.29, 0.717) is 10.0 Å². The quantitative estimate of drug-likeness (QED) is 0.879. The minimum Gasteiger partial charge on any atom is -0.478 e. The van der Waals surface area contributed by atoms with Gasteiger partial charge in [0.15, 0.2) is 0 Å². The third kappa shape index (κ3) is 3.24. The van der Waals surface area contributed by atoms with Gasteiger partial charge in [0.05, 0.1) is 15.9 Å². The molecule has 1 atom stereocenters. The molecule has 0 aliphatic carbocycles. The van der Waals surface area contributed by atoms with E-state index in [9.17, 15) is 9.18 Å². The van der Waals surface area contributed by atoms with Crippen molar-refractivity contribution in [1.82, 2.24) is 0 Å². The van der Waals surface area contributed by atoms with Gasteiger partial charge in [-0.3, -0.25) is 0 Å². The van der Waals surface area contributed by atoms with Crippen molar-refractivity contribution in [2.75, 3.05) is 5.32 Å². The van der Waals surface area contributed by atoms with Crippen LogP contribution in [0.2, 0.25) is 4.34 Å². The fraction of sp³-hybridized carbons (Fsp3) is 0.154. The number of carbonyl (C=O) groups is 1. The smallest absolute Gasteiger partial charge is 0.338 e. The van der Waals surface area contributed by atoms with Crippen LogP contribution >= 0.6 is 22.9 Å². The lowest BCUT2D eigenvalue weighted by atomic mass is 10.1. The number of benzene rings is 1. The van der Waals surface area contributed by atoms with Crippen LogP contribution in [0.15, 0.2) is 30.3 Å². The van der Waals surface area contributed by atoms with Crippen LogP contribution in [0.5, 0.6) is 0 Å². The average molecular weight is 300 g/mol. The maximum absolute atomic E-state index is 13.3. The van der Waals surface area contributed by atoms with Gasteiger partial charge in [-0.25, -0.2) is 9.18 Å². The molecule has 0 aliphatic rings. The maximum atomic E-state index is 13.3. The third-order valence-corrected chi connectivity index (χ3v) is 4.01. The lowest BCUT2D eigenvalue weighted by molar-refractivity contribution is 0.0692. The minimum atomic E-state index is -1.28. The summed E-state index contributed by atoms with van der Waals surface area (Å²) in [6.45, 7) is 1.92. The molecule has 0 bridgehead atoms. The van der Waals surface area contributed by atoms with Gasteiger partial charge in [0.2, 0.25) is 0 Å². The Hall–Kier alpha value is -1.59. The Kier molecular flexibility index (Phi) is 4.07. The highest BCUT2D eigenvalue weighted by Gasteiger charge is 2.13. The molecular formula is C13H11ClFNO2S. The second-order valence-electron chi connectivity index (χ2n) is 4.01. The van der Waals surface area contributed by atoms with Gasteiger partial charge in [-0.05, 0) is 37.3 Å². The zero-order chi connectivity index (χ0) is 14.0. The van der Waals surface area contributed by atoms with E-state index >= 15 is 0 Å². The SMILES string of the molecule is CC(Nc1ccc(F)c(C(=O)O)c1)c1ccc(Cl)s1. The molecular weight excluding hydrogens is 289 g/mol. The normalized spacial score (nSPS) is 12.2. The molecule has 3 nitrogen and oxygen atoms in total. The van der Waals surface area contributed by atoms with Gasteiger partial charge in [-0.1, -0.05) is 11.6 Å². The van der Waals surface area contributed by atoms with Crippen LogP contribution in [0.4, 0.5) is 10.1 Å². The molecule has 2 rings (SSSR count). The first-order valence-electron chi connectivity index (χ1n) is 5.52. The molecule has 0 fully saturated rings. The Balaban J connectivity index is 2.19. The standard InChI is InChI=1S/C13H11ClFNO2S/c1-7(11-4-5-12(14)19-11)16-8-2-3-10(15)9(6-8)13(17)18/h2-7,16H,1H3,(H,17,18). The van der Waals surface area contributed by atoms with Gasteiger partial charge in [-0.15, -0.1) is 11.3 Å². The minimum absolute atomic E-state index is 0.0374. The van der Waals surface area contributed by atoms with Gasteiger partial charge in [0, 0.05) is 10.6 Å². The summed E-state index contributed by atoms with van der Waals surface area (Å²) in [7, 11) is 0. The van der Waals surface area contributed by atoms with E-state index < -0.39 is 11.8 Å². The van der Waals surface area contributed by atoms with Crippen molar-refractivity contribution >= 4 is 34.6 Å². The molecule has 2 N–H and O–H groups in total. The lowest BCUT2D eigenvalue weighted by Crippen LogP contribution is -2.07. The Labute approximate surface area is 118 Å². The van der Waals surface area contributed by atoms with Crippen LogP contribution < -0.4 is 5.32 Å².